The standard InChI is InChI=1S/C59H42N2S/c1-2-37-34-52(60-51-28-14-9-24-44(51)58(37)38-18-4-3-5-19-38)41-32-33-54(42-22-7-6-20-39(41)42)61-53-29-15-10-23-43(53)46-35-45-40-21-8-11-25-47(40)59(50(45)36-55(46)61)48-26-12-16-30-56(48)62-57-31-17-13-27-49(57)59/h3-6,8-21,23-33,35-36H,2,7,22,34H2,1H3. The van der Waals surface area contributed by atoms with Crippen LogP contribution in [0, 0.1) is 0 Å². The van der Waals surface area contributed by atoms with E-state index < -0.39 is 5.41 Å². The van der Waals surface area contributed by atoms with Crippen LogP contribution in [0.1, 0.15) is 76.3 Å². The first-order valence-electron chi connectivity index (χ1n) is 22.0. The number of allylic oxidation sites excluding steroid dienone is 2. The highest BCUT2D eigenvalue weighted by atomic mass is 32.2. The van der Waals surface area contributed by atoms with Crippen molar-refractivity contribution in [3.8, 4) is 16.8 Å². The summed E-state index contributed by atoms with van der Waals surface area (Å²) in [6.45, 7) is 2.30. The number of rotatable bonds is 4. The first kappa shape index (κ1) is 35.8. The third-order valence-corrected chi connectivity index (χ3v) is 15.2. The van der Waals surface area contributed by atoms with Gasteiger partial charge in [-0.2, -0.15) is 0 Å². The number of aromatic nitrogens is 1. The SMILES string of the molecule is CCC1=C(c2ccccc2)c2ccccc2N=C(c2ccc(-n3c4ccccc4c4cc5c(cc43)C3(c4ccccc4Sc4ccccc43)c3ccccc3-5)c3c2C=CCC3)C1. The monoisotopic (exact) mass is 810 g/mol. The molecule has 0 unspecified atom stereocenters. The zero-order valence-electron chi connectivity index (χ0n) is 34.5. The van der Waals surface area contributed by atoms with Crippen molar-refractivity contribution in [2.24, 2.45) is 4.99 Å². The van der Waals surface area contributed by atoms with Crippen LogP contribution in [0.15, 0.2) is 202 Å². The summed E-state index contributed by atoms with van der Waals surface area (Å²) in [5, 5.41) is 2.57. The fraction of sp³-hybridized carbons (Fsp3) is 0.102. The average Bonchev–Trinajstić information content (AvgIpc) is 3.73. The van der Waals surface area contributed by atoms with E-state index in [0.717, 1.165) is 37.1 Å². The van der Waals surface area contributed by atoms with Crippen LogP contribution in [-0.2, 0) is 11.8 Å². The number of para-hydroxylation sites is 2. The molecule has 2 aliphatic heterocycles. The lowest BCUT2D eigenvalue weighted by Gasteiger charge is -2.39. The smallest absolute Gasteiger partial charge is 0.0736 e. The van der Waals surface area contributed by atoms with E-state index in [0.29, 0.717) is 0 Å². The van der Waals surface area contributed by atoms with Crippen LogP contribution < -0.4 is 0 Å². The van der Waals surface area contributed by atoms with Crippen molar-refractivity contribution < 1.29 is 0 Å². The Balaban J connectivity index is 1.06. The van der Waals surface area contributed by atoms with E-state index in [1.165, 1.54) is 110 Å². The van der Waals surface area contributed by atoms with Crippen LogP contribution in [0.2, 0.25) is 0 Å². The first-order chi connectivity index (χ1) is 30.7. The van der Waals surface area contributed by atoms with Crippen molar-refractivity contribution in [2.45, 2.75) is 47.8 Å². The van der Waals surface area contributed by atoms with Crippen LogP contribution in [0.3, 0.4) is 0 Å². The number of hydrogen-bond acceptors (Lipinski definition) is 2. The second-order valence-electron chi connectivity index (χ2n) is 17.1. The molecule has 0 saturated heterocycles. The zero-order chi connectivity index (χ0) is 40.9. The van der Waals surface area contributed by atoms with Crippen LogP contribution in [0.5, 0.6) is 0 Å². The van der Waals surface area contributed by atoms with E-state index in [2.05, 4.69) is 200 Å². The second kappa shape index (κ2) is 13.8. The molecule has 2 nitrogen and oxygen atoms in total. The van der Waals surface area contributed by atoms with Gasteiger partial charge in [-0.1, -0.05) is 170 Å². The van der Waals surface area contributed by atoms with Crippen LogP contribution in [-0.4, -0.2) is 10.3 Å². The van der Waals surface area contributed by atoms with Crippen molar-refractivity contribution in [3.05, 3.63) is 238 Å². The number of hydrogen-bond donors (Lipinski definition) is 0. The van der Waals surface area contributed by atoms with Gasteiger partial charge in [0, 0.05) is 38.1 Å². The lowest BCUT2D eigenvalue weighted by Crippen LogP contribution is -2.31. The molecular formula is C59H42N2S. The molecule has 9 aromatic rings. The minimum absolute atomic E-state index is 0.442. The molecule has 3 heteroatoms. The summed E-state index contributed by atoms with van der Waals surface area (Å²) in [6, 6.07) is 65.9. The average molecular weight is 811 g/mol. The second-order valence-corrected chi connectivity index (χ2v) is 18.2. The highest BCUT2D eigenvalue weighted by Crippen LogP contribution is 2.63. The van der Waals surface area contributed by atoms with E-state index >= 15 is 0 Å². The Labute approximate surface area is 366 Å². The van der Waals surface area contributed by atoms with Gasteiger partial charge < -0.3 is 4.57 Å². The molecule has 62 heavy (non-hydrogen) atoms. The zero-order valence-corrected chi connectivity index (χ0v) is 35.3. The number of nitrogens with zero attached hydrogens (tertiary/aromatic N) is 2. The van der Waals surface area contributed by atoms with Crippen molar-refractivity contribution in [2.75, 3.05) is 0 Å². The van der Waals surface area contributed by atoms with E-state index in [-0.39, 0.29) is 0 Å². The Morgan fingerprint density at radius 1 is 0.581 bits per heavy atom. The Morgan fingerprint density at radius 3 is 2.08 bits per heavy atom. The molecule has 1 spiro atoms. The molecule has 3 heterocycles. The van der Waals surface area contributed by atoms with Crippen molar-refractivity contribution in [1.29, 1.82) is 0 Å². The summed E-state index contributed by atoms with van der Waals surface area (Å²) in [5.41, 5.74) is 22.7. The minimum atomic E-state index is -0.442. The first-order valence-corrected chi connectivity index (χ1v) is 22.9. The Morgan fingerprint density at radius 2 is 1.27 bits per heavy atom. The molecule has 8 aromatic carbocycles. The predicted octanol–water partition coefficient (Wildman–Crippen LogP) is 15.3. The summed E-state index contributed by atoms with van der Waals surface area (Å²) >= 11 is 1.90. The summed E-state index contributed by atoms with van der Waals surface area (Å²) in [6.07, 6.45) is 8.49. The largest absolute Gasteiger partial charge is 0.309 e. The lowest BCUT2D eigenvalue weighted by atomic mass is 9.67. The molecular weight excluding hydrogens is 769 g/mol. The van der Waals surface area contributed by atoms with Gasteiger partial charge in [0.25, 0.3) is 0 Å². The van der Waals surface area contributed by atoms with Gasteiger partial charge in [-0.05, 0) is 117 Å². The molecule has 294 valence electrons. The van der Waals surface area contributed by atoms with E-state index in [1.54, 1.807) is 0 Å². The van der Waals surface area contributed by atoms with Gasteiger partial charge in [0.15, 0.2) is 0 Å². The minimum Gasteiger partial charge on any atom is -0.309 e. The van der Waals surface area contributed by atoms with Gasteiger partial charge in [0.1, 0.15) is 0 Å². The summed E-state index contributed by atoms with van der Waals surface area (Å²) in [7, 11) is 0. The van der Waals surface area contributed by atoms with E-state index in [4.69, 9.17) is 4.99 Å². The van der Waals surface area contributed by atoms with Crippen molar-refractivity contribution in [1.82, 2.24) is 4.57 Å². The topological polar surface area (TPSA) is 17.3 Å². The van der Waals surface area contributed by atoms with Gasteiger partial charge in [-0.15, -0.1) is 0 Å². The maximum Gasteiger partial charge on any atom is 0.0736 e. The highest BCUT2D eigenvalue weighted by molar-refractivity contribution is 7.99. The van der Waals surface area contributed by atoms with Gasteiger partial charge in [-0.25, -0.2) is 0 Å². The summed E-state index contributed by atoms with van der Waals surface area (Å²) < 4.78 is 2.59. The fourth-order valence-electron chi connectivity index (χ4n) is 11.4. The maximum absolute atomic E-state index is 5.56. The summed E-state index contributed by atoms with van der Waals surface area (Å²) in [4.78, 5) is 8.21. The van der Waals surface area contributed by atoms with Crippen molar-refractivity contribution in [3.63, 3.8) is 0 Å². The molecule has 13 rings (SSSR count). The molecule has 2 aliphatic carbocycles. The van der Waals surface area contributed by atoms with Gasteiger partial charge in [0.2, 0.25) is 0 Å². The lowest BCUT2D eigenvalue weighted by molar-refractivity contribution is 0.723. The molecule has 0 bridgehead atoms. The molecule has 0 fully saturated rings. The third-order valence-electron chi connectivity index (χ3n) is 14.0. The van der Waals surface area contributed by atoms with Gasteiger partial charge in [-0.3, -0.25) is 4.99 Å². The number of benzene rings is 8. The Hall–Kier alpha value is -6.94. The quantitative estimate of drug-likeness (QED) is 0.173. The number of aliphatic imine (C=N–C) groups is 1. The predicted molar refractivity (Wildman–Crippen MR) is 260 cm³/mol. The molecule has 0 atom stereocenters. The van der Waals surface area contributed by atoms with E-state index in [1.807, 2.05) is 11.8 Å². The highest BCUT2D eigenvalue weighted by Gasteiger charge is 2.50. The maximum atomic E-state index is 5.56. The van der Waals surface area contributed by atoms with Crippen LogP contribution in [0.4, 0.5) is 5.69 Å². The van der Waals surface area contributed by atoms with E-state index in [9.17, 15) is 0 Å². The molecule has 1 aromatic heterocycles. The fourth-order valence-corrected chi connectivity index (χ4v) is 12.6. The number of fused-ring (bicyclic) bond motifs is 14. The van der Waals surface area contributed by atoms with Gasteiger partial charge >= 0.3 is 0 Å². The Kier molecular flexibility index (Phi) is 7.96. The third kappa shape index (κ3) is 4.97. The van der Waals surface area contributed by atoms with Crippen LogP contribution >= 0.6 is 11.8 Å². The molecule has 0 saturated carbocycles. The molecule has 0 N–H and O–H groups in total. The van der Waals surface area contributed by atoms with Crippen LogP contribution in [0.25, 0.3) is 50.3 Å². The Bertz CT molecular complexity index is 3410. The molecule has 4 aliphatic rings. The van der Waals surface area contributed by atoms with Gasteiger partial charge in [0.05, 0.1) is 33.5 Å². The van der Waals surface area contributed by atoms with Crippen molar-refractivity contribution >= 4 is 56.6 Å². The normalized spacial score (nSPS) is 15.4. The molecule has 0 amide bonds. The molecule has 0 radical (unpaired) electrons. The summed E-state index contributed by atoms with van der Waals surface area (Å²) in [5.74, 6) is 0.